The maximum absolute atomic E-state index is 11.7. The molecule has 1 aromatic carbocycles. The van der Waals surface area contributed by atoms with Gasteiger partial charge < -0.3 is 16.0 Å². The van der Waals surface area contributed by atoms with E-state index in [2.05, 4.69) is 27.9 Å². The van der Waals surface area contributed by atoms with E-state index in [9.17, 15) is 4.79 Å². The SMILES string of the molecule is CCc1cccc(NC(=O)CNC(=NC)NC)c1. The Hall–Kier alpha value is -2.04. The van der Waals surface area contributed by atoms with Gasteiger partial charge in [-0.15, -0.1) is 0 Å². The number of nitrogens with one attached hydrogen (secondary N) is 3. The first-order valence-electron chi connectivity index (χ1n) is 5.96. The summed E-state index contributed by atoms with van der Waals surface area (Å²) in [6.45, 7) is 2.27. The quantitative estimate of drug-likeness (QED) is 0.550. The van der Waals surface area contributed by atoms with Crippen molar-refractivity contribution in [2.75, 3.05) is 26.0 Å². The second-order valence-corrected chi connectivity index (χ2v) is 3.78. The highest BCUT2D eigenvalue weighted by molar-refractivity contribution is 5.94. The molecule has 5 heteroatoms. The van der Waals surface area contributed by atoms with Gasteiger partial charge >= 0.3 is 0 Å². The van der Waals surface area contributed by atoms with E-state index in [-0.39, 0.29) is 12.5 Å². The molecule has 0 saturated heterocycles. The van der Waals surface area contributed by atoms with E-state index < -0.39 is 0 Å². The third-order valence-electron chi connectivity index (χ3n) is 2.50. The fraction of sp³-hybridized carbons (Fsp3) is 0.385. The summed E-state index contributed by atoms with van der Waals surface area (Å²) in [5, 5.41) is 8.58. The van der Waals surface area contributed by atoms with E-state index in [4.69, 9.17) is 0 Å². The van der Waals surface area contributed by atoms with Gasteiger partial charge in [0.25, 0.3) is 0 Å². The van der Waals surface area contributed by atoms with Crippen LogP contribution < -0.4 is 16.0 Å². The zero-order chi connectivity index (χ0) is 13.4. The van der Waals surface area contributed by atoms with Crippen LogP contribution in [0.2, 0.25) is 0 Å². The summed E-state index contributed by atoms with van der Waals surface area (Å²) >= 11 is 0. The Morgan fingerprint density at radius 1 is 1.39 bits per heavy atom. The van der Waals surface area contributed by atoms with Crippen molar-refractivity contribution >= 4 is 17.6 Å². The van der Waals surface area contributed by atoms with Gasteiger partial charge in [0.05, 0.1) is 6.54 Å². The topological polar surface area (TPSA) is 65.5 Å². The van der Waals surface area contributed by atoms with Crippen LogP contribution in [0.3, 0.4) is 0 Å². The summed E-state index contributed by atoms with van der Waals surface area (Å²) in [5.74, 6) is 0.493. The molecule has 1 amide bonds. The summed E-state index contributed by atoms with van der Waals surface area (Å²) in [5.41, 5.74) is 2.02. The number of carbonyl (C=O) groups excluding carboxylic acids is 1. The van der Waals surface area contributed by atoms with Gasteiger partial charge in [0, 0.05) is 19.8 Å². The van der Waals surface area contributed by atoms with Crippen LogP contribution in [0.25, 0.3) is 0 Å². The zero-order valence-corrected chi connectivity index (χ0v) is 11.1. The van der Waals surface area contributed by atoms with E-state index in [1.54, 1.807) is 14.1 Å². The van der Waals surface area contributed by atoms with E-state index in [0.29, 0.717) is 5.96 Å². The summed E-state index contributed by atoms with van der Waals surface area (Å²) in [6.07, 6.45) is 0.953. The van der Waals surface area contributed by atoms with Crippen LogP contribution in [0.15, 0.2) is 29.3 Å². The Kier molecular flexibility index (Phi) is 5.70. The lowest BCUT2D eigenvalue weighted by molar-refractivity contribution is -0.115. The minimum Gasteiger partial charge on any atom is -0.359 e. The average Bonchev–Trinajstić information content (AvgIpc) is 2.40. The molecular weight excluding hydrogens is 228 g/mol. The standard InChI is InChI=1S/C13H20N4O/c1-4-10-6-5-7-11(8-10)17-12(18)9-16-13(14-2)15-3/h5-8H,4,9H2,1-3H3,(H,17,18)(H2,14,15,16). The molecule has 98 valence electrons. The maximum Gasteiger partial charge on any atom is 0.243 e. The molecule has 3 N–H and O–H groups in total. The normalized spacial score (nSPS) is 10.9. The lowest BCUT2D eigenvalue weighted by Gasteiger charge is -2.09. The molecule has 1 aromatic rings. The molecule has 0 aliphatic rings. The minimum absolute atomic E-state index is 0.0975. The third-order valence-corrected chi connectivity index (χ3v) is 2.50. The molecule has 0 heterocycles. The van der Waals surface area contributed by atoms with Gasteiger partial charge in [0.2, 0.25) is 5.91 Å². The predicted molar refractivity (Wildman–Crippen MR) is 74.9 cm³/mol. The average molecular weight is 248 g/mol. The van der Waals surface area contributed by atoms with Crippen LogP contribution in [0.1, 0.15) is 12.5 Å². The van der Waals surface area contributed by atoms with Crippen molar-refractivity contribution in [1.29, 1.82) is 0 Å². The highest BCUT2D eigenvalue weighted by Crippen LogP contribution is 2.10. The van der Waals surface area contributed by atoms with Gasteiger partial charge in [-0.25, -0.2) is 0 Å². The summed E-state index contributed by atoms with van der Waals surface area (Å²) < 4.78 is 0. The minimum atomic E-state index is -0.0975. The maximum atomic E-state index is 11.7. The van der Waals surface area contributed by atoms with Crippen LogP contribution in [0, 0.1) is 0 Å². The Balaban J connectivity index is 2.49. The largest absolute Gasteiger partial charge is 0.359 e. The van der Waals surface area contributed by atoms with Crippen molar-refractivity contribution in [1.82, 2.24) is 10.6 Å². The summed E-state index contributed by atoms with van der Waals surface area (Å²) in [7, 11) is 3.40. The number of anilines is 1. The van der Waals surface area contributed by atoms with Crippen LogP contribution >= 0.6 is 0 Å². The molecular formula is C13H20N4O. The second kappa shape index (κ2) is 7.32. The van der Waals surface area contributed by atoms with Gasteiger partial charge in [0.1, 0.15) is 0 Å². The first-order chi connectivity index (χ1) is 8.69. The van der Waals surface area contributed by atoms with Crippen molar-refractivity contribution in [3.05, 3.63) is 29.8 Å². The van der Waals surface area contributed by atoms with E-state index >= 15 is 0 Å². The van der Waals surface area contributed by atoms with Crippen LogP contribution in [0.4, 0.5) is 5.69 Å². The Morgan fingerprint density at radius 3 is 2.78 bits per heavy atom. The van der Waals surface area contributed by atoms with Crippen molar-refractivity contribution in [2.45, 2.75) is 13.3 Å². The van der Waals surface area contributed by atoms with Gasteiger partial charge in [-0.2, -0.15) is 0 Å². The van der Waals surface area contributed by atoms with E-state index in [0.717, 1.165) is 12.1 Å². The fourth-order valence-electron chi connectivity index (χ4n) is 1.52. The molecule has 0 saturated carbocycles. The zero-order valence-electron chi connectivity index (χ0n) is 11.1. The molecule has 1 rings (SSSR count). The lowest BCUT2D eigenvalue weighted by Crippen LogP contribution is -2.39. The van der Waals surface area contributed by atoms with Gasteiger partial charge in [-0.1, -0.05) is 19.1 Å². The first-order valence-corrected chi connectivity index (χ1v) is 5.96. The molecule has 0 bridgehead atoms. The number of hydrogen-bond donors (Lipinski definition) is 3. The Bertz CT molecular complexity index is 429. The molecule has 0 spiro atoms. The van der Waals surface area contributed by atoms with Gasteiger partial charge in [-0.05, 0) is 24.1 Å². The monoisotopic (exact) mass is 248 g/mol. The third kappa shape index (κ3) is 4.45. The molecule has 0 atom stereocenters. The first kappa shape index (κ1) is 14.0. The fourth-order valence-corrected chi connectivity index (χ4v) is 1.52. The molecule has 5 nitrogen and oxygen atoms in total. The van der Waals surface area contributed by atoms with E-state index in [1.165, 1.54) is 5.56 Å². The number of guanidine groups is 1. The number of rotatable bonds is 4. The van der Waals surface area contributed by atoms with Crippen molar-refractivity contribution in [3.63, 3.8) is 0 Å². The molecule has 0 radical (unpaired) electrons. The van der Waals surface area contributed by atoms with Crippen molar-refractivity contribution in [2.24, 2.45) is 4.99 Å². The Labute approximate surface area is 108 Å². The number of aryl methyl sites for hydroxylation is 1. The number of nitrogens with zero attached hydrogens (tertiary/aromatic N) is 1. The number of amides is 1. The second-order valence-electron chi connectivity index (χ2n) is 3.78. The summed E-state index contributed by atoms with van der Waals surface area (Å²) in [6, 6.07) is 7.83. The van der Waals surface area contributed by atoms with Crippen molar-refractivity contribution in [3.8, 4) is 0 Å². The van der Waals surface area contributed by atoms with Crippen LogP contribution in [0.5, 0.6) is 0 Å². The van der Waals surface area contributed by atoms with Crippen LogP contribution in [-0.4, -0.2) is 32.5 Å². The van der Waals surface area contributed by atoms with Crippen LogP contribution in [-0.2, 0) is 11.2 Å². The Morgan fingerprint density at radius 2 is 2.17 bits per heavy atom. The molecule has 0 aliphatic heterocycles. The van der Waals surface area contributed by atoms with Gasteiger partial charge in [0.15, 0.2) is 5.96 Å². The summed E-state index contributed by atoms with van der Waals surface area (Å²) in [4.78, 5) is 15.6. The smallest absolute Gasteiger partial charge is 0.243 e. The molecule has 18 heavy (non-hydrogen) atoms. The number of benzene rings is 1. The highest BCUT2D eigenvalue weighted by Gasteiger charge is 2.03. The lowest BCUT2D eigenvalue weighted by atomic mass is 10.1. The number of hydrogen-bond acceptors (Lipinski definition) is 2. The highest BCUT2D eigenvalue weighted by atomic mass is 16.1. The molecule has 0 aromatic heterocycles. The predicted octanol–water partition coefficient (Wildman–Crippen LogP) is 0.982. The van der Waals surface area contributed by atoms with E-state index in [1.807, 2.05) is 24.3 Å². The molecule has 0 fully saturated rings. The molecule has 0 unspecified atom stereocenters. The number of carbonyl (C=O) groups is 1. The van der Waals surface area contributed by atoms with Gasteiger partial charge in [-0.3, -0.25) is 9.79 Å². The van der Waals surface area contributed by atoms with Crippen molar-refractivity contribution < 1.29 is 4.79 Å². The number of aliphatic imine (C=N–C) groups is 1. The molecule has 0 aliphatic carbocycles.